The molecule has 1 aliphatic heterocycles. The van der Waals surface area contributed by atoms with Crippen molar-refractivity contribution >= 4 is 22.3 Å². The molecule has 0 saturated carbocycles. The van der Waals surface area contributed by atoms with Gasteiger partial charge in [0.1, 0.15) is 18.9 Å². The third-order valence-corrected chi connectivity index (χ3v) is 7.30. The monoisotopic (exact) mass is 447 g/mol. The molecule has 1 saturated heterocycles. The molecule has 1 heterocycles. The van der Waals surface area contributed by atoms with E-state index < -0.39 is 27.8 Å². The summed E-state index contributed by atoms with van der Waals surface area (Å²) in [5.41, 5.74) is 1.03. The van der Waals surface area contributed by atoms with Crippen LogP contribution in [-0.2, 0) is 34.8 Å². The molecule has 2 aromatic rings. The van der Waals surface area contributed by atoms with E-state index in [1.165, 1.54) is 38.5 Å². The molecule has 166 valence electrons. The second kappa shape index (κ2) is 9.69. The lowest BCUT2D eigenvalue weighted by Crippen LogP contribution is -2.44. The molecule has 0 amide bonds. The van der Waals surface area contributed by atoms with E-state index in [1.807, 2.05) is 18.2 Å². The fourth-order valence-electron chi connectivity index (χ4n) is 3.59. The van der Waals surface area contributed by atoms with Crippen molar-refractivity contribution in [3.63, 3.8) is 0 Å². The summed E-state index contributed by atoms with van der Waals surface area (Å²) in [7, 11) is -1.03. The number of sulfonamides is 1. The number of hydrogen-bond acceptors (Lipinski definition) is 7. The quantitative estimate of drug-likeness (QED) is 0.330. The molecule has 0 radical (unpaired) electrons. The smallest absolute Gasteiger partial charge is 0.324 e. The normalized spacial score (nSPS) is 17.4. The van der Waals surface area contributed by atoms with E-state index >= 15 is 0 Å². The number of rotatable bonds is 9. The summed E-state index contributed by atoms with van der Waals surface area (Å²) < 4.78 is 43.8. The number of ether oxygens (including phenoxy) is 3. The standard InChI is InChI=1S/C22H25NO7S/c1-28-22(29-2,18-7-4-3-5-8-18)16-30-21(25)20-9-6-14-23(20)31(26,27)19-12-10-17(15-24)11-13-19/h3-5,7-8,10-13,15,20H,6,9,14,16H2,1-2H3/t20-/m0/s1. The highest BCUT2D eigenvalue weighted by molar-refractivity contribution is 7.89. The summed E-state index contributed by atoms with van der Waals surface area (Å²) in [4.78, 5) is 23.7. The van der Waals surface area contributed by atoms with Crippen LogP contribution in [-0.4, -0.2) is 58.4 Å². The maximum atomic E-state index is 13.1. The molecule has 8 nitrogen and oxygen atoms in total. The lowest BCUT2D eigenvalue weighted by atomic mass is 10.1. The summed E-state index contributed by atoms with van der Waals surface area (Å²) in [5, 5.41) is 0. The van der Waals surface area contributed by atoms with E-state index in [4.69, 9.17) is 14.2 Å². The van der Waals surface area contributed by atoms with Crippen molar-refractivity contribution < 1.29 is 32.2 Å². The molecule has 0 spiro atoms. The third-order valence-electron chi connectivity index (χ3n) is 5.38. The molecular weight excluding hydrogens is 422 g/mol. The summed E-state index contributed by atoms with van der Waals surface area (Å²) >= 11 is 0. The summed E-state index contributed by atoms with van der Waals surface area (Å²) in [6.07, 6.45) is 1.52. The van der Waals surface area contributed by atoms with Crippen molar-refractivity contribution in [3.8, 4) is 0 Å². The Morgan fingerprint density at radius 3 is 2.32 bits per heavy atom. The first-order valence-electron chi connectivity index (χ1n) is 9.77. The zero-order chi connectivity index (χ0) is 22.5. The molecular formula is C22H25NO7S. The van der Waals surface area contributed by atoms with Crippen LogP contribution in [0.2, 0.25) is 0 Å². The van der Waals surface area contributed by atoms with Crippen LogP contribution < -0.4 is 0 Å². The number of esters is 1. The fraction of sp³-hybridized carbons (Fsp3) is 0.364. The molecule has 0 N–H and O–H groups in total. The van der Waals surface area contributed by atoms with Gasteiger partial charge in [0.05, 0.1) is 4.90 Å². The highest BCUT2D eigenvalue weighted by atomic mass is 32.2. The maximum absolute atomic E-state index is 13.1. The van der Waals surface area contributed by atoms with Crippen molar-refractivity contribution in [1.29, 1.82) is 0 Å². The Balaban J connectivity index is 1.76. The minimum absolute atomic E-state index is 0.0187. The number of carbonyl (C=O) groups is 2. The lowest BCUT2D eigenvalue weighted by Gasteiger charge is -2.31. The summed E-state index contributed by atoms with van der Waals surface area (Å²) in [6.45, 7) is -0.0306. The Kier molecular flexibility index (Phi) is 7.22. The largest absolute Gasteiger partial charge is 0.458 e. The first-order valence-corrected chi connectivity index (χ1v) is 11.2. The van der Waals surface area contributed by atoms with Crippen LogP contribution in [0.25, 0.3) is 0 Å². The predicted molar refractivity (Wildman–Crippen MR) is 112 cm³/mol. The fourth-order valence-corrected chi connectivity index (χ4v) is 5.24. The minimum atomic E-state index is -3.92. The second-order valence-corrected chi connectivity index (χ2v) is 8.99. The van der Waals surface area contributed by atoms with E-state index in [-0.39, 0.29) is 18.0 Å². The van der Waals surface area contributed by atoms with Crippen LogP contribution in [0.5, 0.6) is 0 Å². The van der Waals surface area contributed by atoms with Crippen LogP contribution in [0.4, 0.5) is 0 Å². The summed E-state index contributed by atoms with van der Waals surface area (Å²) in [6, 6.07) is 13.7. The Labute approximate surface area is 181 Å². The predicted octanol–water partition coefficient (Wildman–Crippen LogP) is 2.34. The highest BCUT2D eigenvalue weighted by Crippen LogP contribution is 2.30. The van der Waals surface area contributed by atoms with Gasteiger partial charge in [0.25, 0.3) is 0 Å². The number of nitrogens with zero attached hydrogens (tertiary/aromatic N) is 1. The zero-order valence-electron chi connectivity index (χ0n) is 17.4. The van der Waals surface area contributed by atoms with Crippen LogP contribution >= 0.6 is 0 Å². The first-order chi connectivity index (χ1) is 14.9. The molecule has 9 heteroatoms. The van der Waals surface area contributed by atoms with Gasteiger partial charge in [-0.3, -0.25) is 9.59 Å². The van der Waals surface area contributed by atoms with Crippen LogP contribution in [0.1, 0.15) is 28.8 Å². The van der Waals surface area contributed by atoms with E-state index in [2.05, 4.69) is 0 Å². The molecule has 1 fully saturated rings. The number of carbonyl (C=O) groups excluding carboxylic acids is 2. The van der Waals surface area contributed by atoms with E-state index in [0.717, 1.165) is 4.31 Å². The van der Waals surface area contributed by atoms with Gasteiger partial charge < -0.3 is 14.2 Å². The molecule has 31 heavy (non-hydrogen) atoms. The van der Waals surface area contributed by atoms with Gasteiger partial charge in [-0.15, -0.1) is 0 Å². The van der Waals surface area contributed by atoms with Gasteiger partial charge in [-0.2, -0.15) is 4.31 Å². The Hall–Kier alpha value is -2.59. The number of aldehydes is 1. The highest BCUT2D eigenvalue weighted by Gasteiger charge is 2.42. The Bertz CT molecular complexity index is 1000. The molecule has 0 unspecified atom stereocenters. The SMILES string of the molecule is COC(COC(=O)[C@@H]1CCCN1S(=O)(=O)c1ccc(C=O)cc1)(OC)c1ccccc1. The number of benzene rings is 2. The van der Waals surface area contributed by atoms with E-state index in [9.17, 15) is 18.0 Å². The van der Waals surface area contributed by atoms with Gasteiger partial charge in [0, 0.05) is 31.9 Å². The van der Waals surface area contributed by atoms with Crippen molar-refractivity contribution in [2.24, 2.45) is 0 Å². The van der Waals surface area contributed by atoms with Gasteiger partial charge in [0.15, 0.2) is 0 Å². The Morgan fingerprint density at radius 1 is 1.10 bits per heavy atom. The van der Waals surface area contributed by atoms with Crippen LogP contribution in [0.15, 0.2) is 59.5 Å². The van der Waals surface area contributed by atoms with Crippen molar-refractivity contribution in [2.75, 3.05) is 27.4 Å². The van der Waals surface area contributed by atoms with Gasteiger partial charge in [-0.05, 0) is 25.0 Å². The van der Waals surface area contributed by atoms with Crippen molar-refractivity contribution in [2.45, 2.75) is 29.6 Å². The average Bonchev–Trinajstić information content (AvgIpc) is 3.32. The van der Waals surface area contributed by atoms with Gasteiger partial charge >= 0.3 is 5.97 Å². The number of methoxy groups -OCH3 is 2. The van der Waals surface area contributed by atoms with E-state index in [1.54, 1.807) is 12.1 Å². The van der Waals surface area contributed by atoms with Crippen molar-refractivity contribution in [1.82, 2.24) is 4.31 Å². The molecule has 0 aliphatic carbocycles. The molecule has 0 bridgehead atoms. The molecule has 1 aliphatic rings. The van der Waals surface area contributed by atoms with Gasteiger partial charge in [0.2, 0.25) is 15.8 Å². The molecule has 2 aromatic carbocycles. The maximum Gasteiger partial charge on any atom is 0.324 e. The Morgan fingerprint density at radius 2 is 1.74 bits per heavy atom. The number of hydrogen-bond donors (Lipinski definition) is 0. The zero-order valence-corrected chi connectivity index (χ0v) is 18.2. The summed E-state index contributed by atoms with van der Waals surface area (Å²) in [5.74, 6) is -1.97. The van der Waals surface area contributed by atoms with Gasteiger partial charge in [-0.1, -0.05) is 42.5 Å². The first kappa shape index (κ1) is 23.1. The van der Waals surface area contributed by atoms with Crippen LogP contribution in [0, 0.1) is 0 Å². The minimum Gasteiger partial charge on any atom is -0.458 e. The topological polar surface area (TPSA) is 99.2 Å². The van der Waals surface area contributed by atoms with Crippen molar-refractivity contribution in [3.05, 3.63) is 65.7 Å². The molecule has 1 atom stereocenters. The second-order valence-electron chi connectivity index (χ2n) is 7.10. The molecule has 3 rings (SSSR count). The van der Waals surface area contributed by atoms with E-state index in [0.29, 0.717) is 30.3 Å². The average molecular weight is 448 g/mol. The lowest BCUT2D eigenvalue weighted by molar-refractivity contribution is -0.243. The van der Waals surface area contributed by atoms with Crippen LogP contribution in [0.3, 0.4) is 0 Å². The van der Waals surface area contributed by atoms with Gasteiger partial charge in [-0.25, -0.2) is 8.42 Å². The third kappa shape index (κ3) is 4.69. The molecule has 0 aromatic heterocycles.